The first-order valence-corrected chi connectivity index (χ1v) is 6.59. The Morgan fingerprint density at radius 2 is 1.90 bits per heavy atom. The molecule has 0 aliphatic carbocycles. The lowest BCUT2D eigenvalue weighted by Gasteiger charge is -2.10. The van der Waals surface area contributed by atoms with Crippen molar-refractivity contribution in [3.05, 3.63) is 53.3 Å². The quantitative estimate of drug-likeness (QED) is 0.858. The summed E-state index contributed by atoms with van der Waals surface area (Å²) in [6.07, 6.45) is 1.53. The third-order valence-corrected chi connectivity index (χ3v) is 2.95. The van der Waals surface area contributed by atoms with Crippen molar-refractivity contribution in [3.63, 3.8) is 0 Å². The molecule has 0 aliphatic heterocycles. The van der Waals surface area contributed by atoms with E-state index in [4.69, 9.17) is 9.84 Å². The number of hydrogen-bond donors (Lipinski definition) is 1. The SMILES string of the molecule is CC(C)Oc1cccc(C(=O)c2cc(C(=O)O)n(C)c2)c1. The molecule has 0 fully saturated rings. The summed E-state index contributed by atoms with van der Waals surface area (Å²) in [6, 6.07) is 8.25. The highest BCUT2D eigenvalue weighted by Gasteiger charge is 2.16. The van der Waals surface area contributed by atoms with E-state index in [0.29, 0.717) is 16.9 Å². The standard InChI is InChI=1S/C16H17NO4/c1-10(2)21-13-6-4-5-11(7-13)15(18)12-8-14(16(19)20)17(3)9-12/h4-10H,1-3H3,(H,19,20). The zero-order chi connectivity index (χ0) is 15.6. The number of aromatic nitrogens is 1. The van der Waals surface area contributed by atoms with E-state index in [1.165, 1.54) is 16.8 Å². The minimum atomic E-state index is -1.06. The second-order valence-corrected chi connectivity index (χ2v) is 5.05. The molecule has 0 bridgehead atoms. The molecule has 1 heterocycles. The second-order valence-electron chi connectivity index (χ2n) is 5.05. The Labute approximate surface area is 122 Å². The van der Waals surface area contributed by atoms with Crippen LogP contribution in [0.25, 0.3) is 0 Å². The number of aromatic carboxylic acids is 1. The maximum atomic E-state index is 12.4. The Balaban J connectivity index is 2.31. The number of nitrogens with zero attached hydrogens (tertiary/aromatic N) is 1. The van der Waals surface area contributed by atoms with Crippen molar-refractivity contribution in [1.82, 2.24) is 4.57 Å². The highest BCUT2D eigenvalue weighted by Crippen LogP contribution is 2.19. The van der Waals surface area contributed by atoms with Gasteiger partial charge in [0, 0.05) is 24.4 Å². The molecule has 0 radical (unpaired) electrons. The van der Waals surface area contributed by atoms with Crippen LogP contribution in [0.3, 0.4) is 0 Å². The summed E-state index contributed by atoms with van der Waals surface area (Å²) in [6.45, 7) is 3.82. The number of ether oxygens (including phenoxy) is 1. The van der Waals surface area contributed by atoms with Crippen LogP contribution in [0.4, 0.5) is 0 Å². The highest BCUT2D eigenvalue weighted by atomic mass is 16.5. The second kappa shape index (κ2) is 5.83. The summed E-state index contributed by atoms with van der Waals surface area (Å²) in [7, 11) is 1.60. The number of rotatable bonds is 5. The van der Waals surface area contributed by atoms with Crippen molar-refractivity contribution in [2.75, 3.05) is 0 Å². The smallest absolute Gasteiger partial charge is 0.352 e. The van der Waals surface area contributed by atoms with Gasteiger partial charge >= 0.3 is 5.97 Å². The van der Waals surface area contributed by atoms with Crippen LogP contribution in [0.15, 0.2) is 36.5 Å². The highest BCUT2D eigenvalue weighted by molar-refractivity contribution is 6.10. The third-order valence-electron chi connectivity index (χ3n) is 2.95. The van der Waals surface area contributed by atoms with Crippen LogP contribution >= 0.6 is 0 Å². The molecule has 1 aromatic heterocycles. The van der Waals surface area contributed by atoms with Crippen LogP contribution in [-0.4, -0.2) is 27.5 Å². The van der Waals surface area contributed by atoms with E-state index in [9.17, 15) is 9.59 Å². The van der Waals surface area contributed by atoms with Crippen molar-refractivity contribution >= 4 is 11.8 Å². The average molecular weight is 287 g/mol. The van der Waals surface area contributed by atoms with E-state index in [-0.39, 0.29) is 17.6 Å². The number of carbonyl (C=O) groups is 2. The molecule has 0 spiro atoms. The Kier molecular flexibility index (Phi) is 4.12. The zero-order valence-corrected chi connectivity index (χ0v) is 12.2. The van der Waals surface area contributed by atoms with E-state index in [1.54, 1.807) is 31.3 Å². The van der Waals surface area contributed by atoms with Gasteiger partial charge in [0.25, 0.3) is 0 Å². The van der Waals surface area contributed by atoms with E-state index in [0.717, 1.165) is 0 Å². The van der Waals surface area contributed by atoms with Gasteiger partial charge in [-0.2, -0.15) is 0 Å². The fourth-order valence-electron chi connectivity index (χ4n) is 2.05. The predicted octanol–water partition coefficient (Wildman–Crippen LogP) is 2.74. The molecule has 5 nitrogen and oxygen atoms in total. The van der Waals surface area contributed by atoms with E-state index in [2.05, 4.69) is 0 Å². The van der Waals surface area contributed by atoms with Crippen molar-refractivity contribution in [2.45, 2.75) is 20.0 Å². The minimum absolute atomic E-state index is 0.0192. The van der Waals surface area contributed by atoms with Crippen LogP contribution in [0.1, 0.15) is 40.3 Å². The first-order chi connectivity index (χ1) is 9.88. The molecule has 0 saturated carbocycles. The normalized spacial score (nSPS) is 10.7. The Bertz CT molecular complexity index is 685. The predicted molar refractivity (Wildman–Crippen MR) is 78.0 cm³/mol. The molecule has 110 valence electrons. The van der Waals surface area contributed by atoms with Crippen LogP contribution < -0.4 is 4.74 Å². The van der Waals surface area contributed by atoms with Crippen LogP contribution in [0, 0.1) is 0 Å². The monoisotopic (exact) mass is 287 g/mol. The van der Waals surface area contributed by atoms with Gasteiger partial charge in [-0.05, 0) is 32.0 Å². The molecule has 0 unspecified atom stereocenters. The lowest BCUT2D eigenvalue weighted by Crippen LogP contribution is -2.07. The molecule has 5 heteroatoms. The van der Waals surface area contributed by atoms with Gasteiger partial charge < -0.3 is 14.4 Å². The zero-order valence-electron chi connectivity index (χ0n) is 12.2. The summed E-state index contributed by atoms with van der Waals surface area (Å²) >= 11 is 0. The molecule has 1 aromatic carbocycles. The third kappa shape index (κ3) is 3.31. The summed E-state index contributed by atoms with van der Waals surface area (Å²) < 4.78 is 6.98. The Morgan fingerprint density at radius 1 is 1.19 bits per heavy atom. The number of carbonyl (C=O) groups excluding carboxylic acids is 1. The van der Waals surface area contributed by atoms with Gasteiger partial charge in [-0.15, -0.1) is 0 Å². The largest absolute Gasteiger partial charge is 0.491 e. The molecule has 0 saturated heterocycles. The maximum absolute atomic E-state index is 12.4. The molecular formula is C16H17NO4. The van der Waals surface area contributed by atoms with E-state index >= 15 is 0 Å². The summed E-state index contributed by atoms with van der Waals surface area (Å²) in [5.41, 5.74) is 0.889. The molecule has 2 rings (SSSR count). The van der Waals surface area contributed by atoms with Crippen LogP contribution in [0.2, 0.25) is 0 Å². The van der Waals surface area contributed by atoms with Gasteiger partial charge in [0.2, 0.25) is 0 Å². The first kappa shape index (κ1) is 14.8. The summed E-state index contributed by atoms with van der Waals surface area (Å²) in [4.78, 5) is 23.4. The van der Waals surface area contributed by atoms with Crippen molar-refractivity contribution in [2.24, 2.45) is 7.05 Å². The fraction of sp³-hybridized carbons (Fsp3) is 0.250. The van der Waals surface area contributed by atoms with Gasteiger partial charge in [0.15, 0.2) is 5.78 Å². The fourth-order valence-corrected chi connectivity index (χ4v) is 2.05. The molecular weight excluding hydrogens is 270 g/mol. The van der Waals surface area contributed by atoms with Crippen LogP contribution in [-0.2, 0) is 7.05 Å². The van der Waals surface area contributed by atoms with Gasteiger partial charge in [0.05, 0.1) is 6.10 Å². The lowest BCUT2D eigenvalue weighted by atomic mass is 10.1. The van der Waals surface area contributed by atoms with Crippen molar-refractivity contribution in [1.29, 1.82) is 0 Å². The maximum Gasteiger partial charge on any atom is 0.352 e. The van der Waals surface area contributed by atoms with E-state index in [1.807, 2.05) is 13.8 Å². The van der Waals surface area contributed by atoms with E-state index < -0.39 is 5.97 Å². The topological polar surface area (TPSA) is 68.5 Å². The molecule has 0 amide bonds. The van der Waals surface area contributed by atoms with Crippen molar-refractivity contribution < 1.29 is 19.4 Å². The molecule has 1 N–H and O–H groups in total. The number of aryl methyl sites for hydroxylation is 1. The summed E-state index contributed by atoms with van der Waals surface area (Å²) in [5.74, 6) is -0.675. The first-order valence-electron chi connectivity index (χ1n) is 6.59. The number of hydrogen-bond acceptors (Lipinski definition) is 3. The lowest BCUT2D eigenvalue weighted by molar-refractivity contribution is 0.0686. The Morgan fingerprint density at radius 3 is 2.48 bits per heavy atom. The van der Waals surface area contributed by atoms with Gasteiger partial charge in [0.1, 0.15) is 11.4 Å². The number of ketones is 1. The van der Waals surface area contributed by atoms with Gasteiger partial charge in [-0.25, -0.2) is 4.79 Å². The van der Waals surface area contributed by atoms with Gasteiger partial charge in [-0.1, -0.05) is 12.1 Å². The molecule has 21 heavy (non-hydrogen) atoms. The Hall–Kier alpha value is -2.56. The number of carboxylic acid groups (broad SMARTS) is 1. The molecule has 2 aromatic rings. The number of carboxylic acids is 1. The molecule has 0 aliphatic rings. The van der Waals surface area contributed by atoms with Crippen LogP contribution in [0.5, 0.6) is 5.75 Å². The average Bonchev–Trinajstić information content (AvgIpc) is 2.79. The summed E-state index contributed by atoms with van der Waals surface area (Å²) in [5, 5.41) is 9.02. The van der Waals surface area contributed by atoms with Crippen molar-refractivity contribution in [3.8, 4) is 5.75 Å². The van der Waals surface area contributed by atoms with Gasteiger partial charge in [-0.3, -0.25) is 4.79 Å². The number of benzene rings is 1. The minimum Gasteiger partial charge on any atom is -0.491 e. The molecule has 0 atom stereocenters.